The van der Waals surface area contributed by atoms with Crippen molar-refractivity contribution in [1.82, 2.24) is 9.80 Å². The molecular formula is C53H87CrN6O5+. The van der Waals surface area contributed by atoms with Gasteiger partial charge in [-0.15, -0.1) is 0 Å². The third kappa shape index (κ3) is 16.7. The number of benzene rings is 2. The first-order chi connectivity index (χ1) is 29.1. The first-order valence-electron chi connectivity index (χ1n) is 23.4. The van der Waals surface area contributed by atoms with Crippen LogP contribution in [0, 0.1) is 12.8 Å². The monoisotopic (exact) mass is 940 g/mol. The summed E-state index contributed by atoms with van der Waals surface area (Å²) in [6, 6.07) is 8.55. The van der Waals surface area contributed by atoms with E-state index in [-0.39, 0.29) is 63.9 Å². The van der Waals surface area contributed by atoms with E-state index in [0.717, 1.165) is 87.2 Å². The quantitative estimate of drug-likeness (QED) is 0.0641. The molecule has 2 aromatic carbocycles. The Kier molecular flexibility index (Phi) is 20.5. The minimum atomic E-state index is -1.83. The average molecular weight is 940 g/mol. The van der Waals surface area contributed by atoms with Gasteiger partial charge in [-0.1, -0.05) is 95.2 Å². The molecule has 0 saturated heterocycles. The molecule has 5 rings (SSSR count). The number of aliphatic imine (C=N–C) groups is 2. The molecule has 2 unspecified atom stereocenters. The Labute approximate surface area is 404 Å². The van der Waals surface area contributed by atoms with E-state index in [2.05, 4.69) is 153 Å². The van der Waals surface area contributed by atoms with Gasteiger partial charge in [-0.25, -0.2) is 4.79 Å². The molecule has 1 aliphatic carbocycles. The van der Waals surface area contributed by atoms with E-state index in [1.165, 1.54) is 36.8 Å². The van der Waals surface area contributed by atoms with Crippen LogP contribution < -0.4 is 0 Å². The molecule has 65 heavy (non-hydrogen) atoms. The van der Waals surface area contributed by atoms with Gasteiger partial charge in [-0.2, -0.15) is 0 Å². The van der Waals surface area contributed by atoms with E-state index in [0.29, 0.717) is 11.5 Å². The SMILES string of the molecule is C[N+]1=CN(CCCCC2(CCCCN3C=[N+](C)CC3)CC(N=Cc3cc(C(C)(C)C)cc(C(C)(C)C)c3O)C(N=Cc3cc(C(C)(C)C)cc(C(C)(C)C)c3O)C2)CC1.O=C(O)O.[CH3-].[Cr]. The van der Waals surface area contributed by atoms with E-state index in [1.54, 1.807) is 0 Å². The van der Waals surface area contributed by atoms with Crippen molar-refractivity contribution in [1.29, 1.82) is 0 Å². The zero-order chi connectivity index (χ0) is 47.1. The Bertz CT molecular complexity index is 1870. The normalized spacial score (nSPS) is 18.9. The van der Waals surface area contributed by atoms with Crippen LogP contribution in [0.3, 0.4) is 0 Å². The summed E-state index contributed by atoms with van der Waals surface area (Å²) < 4.78 is 4.58. The Morgan fingerprint density at radius 3 is 1.26 bits per heavy atom. The van der Waals surface area contributed by atoms with Crippen LogP contribution in [-0.4, -0.2) is 136 Å². The van der Waals surface area contributed by atoms with Gasteiger partial charge in [-0.05, 0) is 102 Å². The first kappa shape index (κ1) is 57.3. The number of hydrogen-bond acceptors (Lipinski definition) is 7. The Balaban J connectivity index is 0.00000232. The minimum Gasteiger partial charge on any atom is -0.507 e. The molecule has 0 bridgehead atoms. The number of carbonyl (C=O) groups is 1. The summed E-state index contributed by atoms with van der Waals surface area (Å²) >= 11 is 0. The van der Waals surface area contributed by atoms with Crippen molar-refractivity contribution in [2.45, 2.75) is 168 Å². The number of likely N-dealkylation sites (N-methyl/N-ethyl adjacent to an activating group) is 2. The summed E-state index contributed by atoms with van der Waals surface area (Å²) in [5.41, 5.74) is 5.38. The first-order valence-corrected chi connectivity index (χ1v) is 23.4. The number of carboxylic acid groups (broad SMARTS) is 2. The summed E-state index contributed by atoms with van der Waals surface area (Å²) in [5.74, 6) is 0.650. The standard InChI is InChI=1S/C51H80N6O2.CH2O3.CH3.Cr/c1-47(2,3)39-27-37(45(58)41(29-39)49(7,8)9)33-52-43-31-51(19-15-17-21-56-25-23-54(13)35-56,20-16-18-22-57-26-24-55(14)36-57)32-44(43)53-34-38-28-40(48(4,5)6)30-42(46(38)59)50(10,11)12;2-1(3)4;;/h27-30,33-36,43-44H,15-26,31-32H2,1-14H3;(H2,2,3,4);1H3;/q;;-1;/p+2. The van der Waals surface area contributed by atoms with Gasteiger partial charge in [-0.3, -0.25) is 28.9 Å². The number of phenols is 2. The van der Waals surface area contributed by atoms with Gasteiger partial charge in [0.25, 0.3) is 0 Å². The maximum Gasteiger partial charge on any atom is 0.503 e. The third-order valence-electron chi connectivity index (χ3n) is 13.2. The van der Waals surface area contributed by atoms with Gasteiger partial charge < -0.3 is 27.9 Å². The number of nitrogens with zero attached hydrogens (tertiary/aromatic N) is 6. The molecule has 1 fully saturated rings. The zero-order valence-electron chi connectivity index (χ0n) is 43.0. The van der Waals surface area contributed by atoms with Crippen LogP contribution in [0.5, 0.6) is 11.5 Å². The molecule has 2 heterocycles. The second-order valence-corrected chi connectivity index (χ2v) is 23.0. The summed E-state index contributed by atoms with van der Waals surface area (Å²) in [5, 5.41) is 37.5. The minimum absolute atomic E-state index is 0. The molecule has 2 atom stereocenters. The fourth-order valence-electron chi connectivity index (χ4n) is 9.28. The summed E-state index contributed by atoms with van der Waals surface area (Å²) in [6.45, 7) is 33.0. The fraction of sp³-hybridized carbons (Fsp3) is 0.660. The molecule has 0 spiro atoms. The molecule has 0 aromatic heterocycles. The molecule has 12 heteroatoms. The molecule has 2 aliphatic heterocycles. The van der Waals surface area contributed by atoms with Crippen molar-refractivity contribution in [3.8, 4) is 11.5 Å². The summed E-state index contributed by atoms with van der Waals surface area (Å²) in [6.07, 6.45) is 15.6. The van der Waals surface area contributed by atoms with E-state index < -0.39 is 6.16 Å². The Morgan fingerprint density at radius 2 is 0.985 bits per heavy atom. The van der Waals surface area contributed by atoms with E-state index in [4.69, 9.17) is 25.0 Å². The number of rotatable bonds is 14. The van der Waals surface area contributed by atoms with Crippen LogP contribution in [0.15, 0.2) is 34.3 Å². The third-order valence-corrected chi connectivity index (χ3v) is 13.2. The number of hydrogen-bond donors (Lipinski definition) is 4. The van der Waals surface area contributed by atoms with E-state index >= 15 is 0 Å². The maximum absolute atomic E-state index is 11.8. The van der Waals surface area contributed by atoms with Crippen molar-refractivity contribution in [3.63, 3.8) is 0 Å². The predicted octanol–water partition coefficient (Wildman–Crippen LogP) is 10.3. The molecule has 11 nitrogen and oxygen atoms in total. The predicted molar refractivity (Wildman–Crippen MR) is 268 cm³/mol. The van der Waals surface area contributed by atoms with Gasteiger partial charge in [0.15, 0.2) is 0 Å². The van der Waals surface area contributed by atoms with Crippen LogP contribution in [0.1, 0.15) is 168 Å². The molecule has 1 saturated carbocycles. The molecular weight excluding hydrogens is 853 g/mol. The van der Waals surface area contributed by atoms with Gasteiger partial charge in [0.1, 0.15) is 37.7 Å². The molecule has 364 valence electrons. The van der Waals surface area contributed by atoms with Gasteiger partial charge in [0.05, 0.1) is 39.3 Å². The molecule has 0 amide bonds. The van der Waals surface area contributed by atoms with Crippen LogP contribution in [0.25, 0.3) is 0 Å². The van der Waals surface area contributed by atoms with E-state index in [9.17, 15) is 10.2 Å². The smallest absolute Gasteiger partial charge is 0.503 e. The van der Waals surface area contributed by atoms with Gasteiger partial charge in [0, 0.05) is 52.0 Å². The van der Waals surface area contributed by atoms with Crippen molar-refractivity contribution >= 4 is 31.3 Å². The molecule has 2 aromatic rings. The second kappa shape index (κ2) is 23.2. The Morgan fingerprint density at radius 1 is 0.646 bits per heavy atom. The van der Waals surface area contributed by atoms with Crippen molar-refractivity contribution < 1.29 is 51.7 Å². The largest absolute Gasteiger partial charge is 0.507 e. The summed E-state index contributed by atoms with van der Waals surface area (Å²) in [4.78, 5) is 24.4. The molecule has 3 aliphatic rings. The summed E-state index contributed by atoms with van der Waals surface area (Å²) in [7, 11) is 4.33. The number of phenolic OH excluding ortho intramolecular Hbond substituents is 2. The van der Waals surface area contributed by atoms with E-state index in [1.807, 2.05) is 12.4 Å². The van der Waals surface area contributed by atoms with Gasteiger partial charge in [0.2, 0.25) is 12.7 Å². The van der Waals surface area contributed by atoms with Crippen molar-refractivity contribution in [2.24, 2.45) is 15.4 Å². The second-order valence-electron chi connectivity index (χ2n) is 23.0. The number of unbranched alkanes of at least 4 members (excludes halogenated alkanes) is 2. The van der Waals surface area contributed by atoms with Crippen LogP contribution in [-0.2, 0) is 39.0 Å². The van der Waals surface area contributed by atoms with Crippen LogP contribution in [0.4, 0.5) is 4.79 Å². The topological polar surface area (TPSA) is 135 Å². The molecule has 4 N–H and O–H groups in total. The van der Waals surface area contributed by atoms with Crippen molar-refractivity contribution in [2.75, 3.05) is 53.4 Å². The van der Waals surface area contributed by atoms with Gasteiger partial charge >= 0.3 is 6.16 Å². The molecule has 0 radical (unpaired) electrons. The average Bonchev–Trinajstić information content (AvgIpc) is 3.86. The number of aromatic hydroxyl groups is 2. The fourth-order valence-corrected chi connectivity index (χ4v) is 9.28. The maximum atomic E-state index is 11.8. The van der Waals surface area contributed by atoms with Crippen molar-refractivity contribution in [3.05, 3.63) is 65.1 Å². The van der Waals surface area contributed by atoms with Crippen LogP contribution in [0.2, 0.25) is 0 Å². The van der Waals surface area contributed by atoms with Crippen LogP contribution >= 0.6 is 0 Å². The zero-order valence-corrected chi connectivity index (χ0v) is 44.2. The Hall–Kier alpha value is -3.88.